The lowest BCUT2D eigenvalue weighted by Crippen LogP contribution is -2.49. The molecule has 0 saturated heterocycles. The second-order valence-corrected chi connectivity index (χ2v) is 13.2. The summed E-state index contributed by atoms with van der Waals surface area (Å²) >= 11 is 0. The summed E-state index contributed by atoms with van der Waals surface area (Å²) < 4.78 is 27.6. The fraction of sp³-hybridized carbons (Fsp3) is 0.400. The number of carbonyl (C=O) groups excluding carboxylic acids is 5. The Labute approximate surface area is 301 Å². The van der Waals surface area contributed by atoms with Crippen molar-refractivity contribution in [2.45, 2.75) is 58.9 Å². The van der Waals surface area contributed by atoms with Gasteiger partial charge in [0.2, 0.25) is 12.3 Å². The number of hydroxylamine groups is 2. The summed E-state index contributed by atoms with van der Waals surface area (Å²) in [4.78, 5) is 87.5. The van der Waals surface area contributed by atoms with Gasteiger partial charge < -0.3 is 44.5 Å². The third-order valence-electron chi connectivity index (χ3n) is 7.88. The zero-order valence-electron chi connectivity index (χ0n) is 29.5. The minimum Gasteiger partial charge on any atom is -0.497 e. The van der Waals surface area contributed by atoms with Crippen molar-refractivity contribution in [1.82, 2.24) is 21.0 Å². The molecule has 0 spiro atoms. The molecule has 0 fully saturated rings. The topological polar surface area (TPSA) is 223 Å². The van der Waals surface area contributed by atoms with Crippen molar-refractivity contribution in [3.05, 3.63) is 71.5 Å². The van der Waals surface area contributed by atoms with Crippen molar-refractivity contribution in [3.8, 4) is 22.8 Å². The van der Waals surface area contributed by atoms with E-state index in [1.807, 2.05) is 6.92 Å². The van der Waals surface area contributed by atoms with E-state index < -0.39 is 49.5 Å². The molecule has 0 aliphatic carbocycles. The number of methoxy groups -OCH3 is 1. The fourth-order valence-electron chi connectivity index (χ4n) is 5.25. The van der Waals surface area contributed by atoms with E-state index in [1.54, 1.807) is 26.0 Å². The summed E-state index contributed by atoms with van der Waals surface area (Å²) in [7, 11) is -2.98. The molecule has 0 bridgehead atoms. The van der Waals surface area contributed by atoms with Gasteiger partial charge in [-0.25, -0.2) is 4.79 Å². The van der Waals surface area contributed by atoms with Gasteiger partial charge in [-0.2, -0.15) is 5.06 Å². The molecule has 0 aliphatic heterocycles. The van der Waals surface area contributed by atoms with Crippen LogP contribution in [0.1, 0.15) is 84.1 Å². The number of amides is 4. The van der Waals surface area contributed by atoms with Gasteiger partial charge in [0, 0.05) is 5.56 Å². The minimum atomic E-state index is -4.47. The van der Waals surface area contributed by atoms with Crippen LogP contribution < -0.4 is 25.4 Å². The largest absolute Gasteiger partial charge is 0.497 e. The van der Waals surface area contributed by atoms with E-state index in [4.69, 9.17) is 28.5 Å². The van der Waals surface area contributed by atoms with Crippen molar-refractivity contribution in [2.24, 2.45) is 5.92 Å². The number of ether oxygens (including phenoxy) is 2. The summed E-state index contributed by atoms with van der Waals surface area (Å²) in [6, 6.07) is 12.7. The molecule has 4 amide bonds. The highest BCUT2D eigenvalue weighted by Gasteiger charge is 2.33. The van der Waals surface area contributed by atoms with Crippen LogP contribution in [0.25, 0.3) is 11.3 Å². The molecule has 282 valence electrons. The Morgan fingerprint density at radius 1 is 0.942 bits per heavy atom. The third kappa shape index (κ3) is 12.0. The number of hydrogen-bond donors (Lipinski definition) is 5. The van der Waals surface area contributed by atoms with Gasteiger partial charge in [-0.05, 0) is 68.3 Å². The zero-order chi connectivity index (χ0) is 38.3. The third-order valence-corrected chi connectivity index (χ3v) is 8.45. The van der Waals surface area contributed by atoms with Crippen LogP contribution in [-0.2, 0) is 19.0 Å². The first-order valence-electron chi connectivity index (χ1n) is 16.7. The van der Waals surface area contributed by atoms with E-state index in [0.717, 1.165) is 17.9 Å². The molecule has 1 heterocycles. The van der Waals surface area contributed by atoms with Gasteiger partial charge in [0.25, 0.3) is 11.8 Å². The van der Waals surface area contributed by atoms with E-state index in [2.05, 4.69) is 16.0 Å². The zero-order valence-corrected chi connectivity index (χ0v) is 30.4. The molecular formula is C35H45N4O12P. The fourth-order valence-corrected chi connectivity index (χ4v) is 5.60. The molecule has 16 nitrogen and oxygen atoms in total. The van der Waals surface area contributed by atoms with Gasteiger partial charge >= 0.3 is 13.6 Å². The lowest BCUT2D eigenvalue weighted by Gasteiger charge is -2.31. The molecule has 0 aliphatic rings. The summed E-state index contributed by atoms with van der Waals surface area (Å²) in [5.74, 6) is -2.52. The maximum atomic E-state index is 13.5. The summed E-state index contributed by atoms with van der Waals surface area (Å²) in [5, 5.41) is 8.30. The molecular weight excluding hydrogens is 699 g/mol. The Bertz CT molecular complexity index is 1720. The molecule has 1 aromatic heterocycles. The smallest absolute Gasteiger partial charge is 0.363 e. The standard InChI is InChI=1S/C35H45N4O12P/c1-5-8-9-10-26(28(6-2)39(22-40)51-35(44)23-11-14-25(48-4)15-12-23)32(41)36-20-37-34(43)30-18-17-29(50-30)24-13-16-27(31(19-24)49-7-3)33(42)38-21-52(45,46)47/h11-19,22,26,28H,5-10,20-21H2,1-4H3,(H,36,41)(H,37,43)(H,38,42)(H2,45,46,47)/t26?,28-/m1/s1. The lowest BCUT2D eigenvalue weighted by atomic mass is 9.90. The van der Waals surface area contributed by atoms with Gasteiger partial charge in [0.05, 0.1) is 43.5 Å². The van der Waals surface area contributed by atoms with Crippen LogP contribution in [0.15, 0.2) is 59.0 Å². The average molecular weight is 745 g/mol. The molecule has 1 unspecified atom stereocenters. The van der Waals surface area contributed by atoms with Crippen molar-refractivity contribution < 1.29 is 57.1 Å². The number of benzene rings is 2. The van der Waals surface area contributed by atoms with Gasteiger partial charge in [0.15, 0.2) is 5.76 Å². The average Bonchev–Trinajstić information content (AvgIpc) is 3.63. The van der Waals surface area contributed by atoms with Crippen molar-refractivity contribution in [1.29, 1.82) is 0 Å². The maximum absolute atomic E-state index is 13.5. The minimum absolute atomic E-state index is 0.0456. The van der Waals surface area contributed by atoms with Crippen LogP contribution >= 0.6 is 7.60 Å². The first-order chi connectivity index (χ1) is 24.8. The Balaban J connectivity index is 1.67. The number of unbranched alkanes of at least 4 members (excludes halogenated alkanes) is 2. The Kier molecular flexibility index (Phi) is 15.9. The van der Waals surface area contributed by atoms with Crippen LogP contribution in [0.5, 0.6) is 11.5 Å². The number of carbonyl (C=O) groups is 5. The second-order valence-electron chi connectivity index (χ2n) is 11.5. The normalized spacial score (nSPS) is 12.2. The monoisotopic (exact) mass is 744 g/mol. The number of nitrogens with one attached hydrogen (secondary N) is 3. The first kappa shape index (κ1) is 41.2. The number of nitrogens with zero attached hydrogens (tertiary/aromatic N) is 1. The predicted octanol–water partition coefficient (Wildman–Crippen LogP) is 4.23. The van der Waals surface area contributed by atoms with Crippen LogP contribution in [-0.4, -0.2) is 77.7 Å². The highest BCUT2D eigenvalue weighted by Crippen LogP contribution is 2.33. The molecule has 17 heteroatoms. The Hall–Kier alpha value is -5.18. The lowest BCUT2D eigenvalue weighted by molar-refractivity contribution is -0.171. The molecule has 0 radical (unpaired) electrons. The van der Waals surface area contributed by atoms with E-state index >= 15 is 0 Å². The van der Waals surface area contributed by atoms with Crippen LogP contribution in [0.4, 0.5) is 0 Å². The molecule has 3 aromatic rings. The van der Waals surface area contributed by atoms with Gasteiger partial charge in [0.1, 0.15) is 23.5 Å². The van der Waals surface area contributed by atoms with Crippen LogP contribution in [0.2, 0.25) is 0 Å². The molecule has 3 rings (SSSR count). The Morgan fingerprint density at radius 2 is 1.67 bits per heavy atom. The quantitative estimate of drug-likeness (QED) is 0.0340. The molecule has 2 aromatic carbocycles. The summed E-state index contributed by atoms with van der Waals surface area (Å²) in [6.45, 7) is 5.41. The summed E-state index contributed by atoms with van der Waals surface area (Å²) in [6.07, 6.45) is 2.63. The Morgan fingerprint density at radius 3 is 2.29 bits per heavy atom. The summed E-state index contributed by atoms with van der Waals surface area (Å²) in [5.41, 5.74) is 0.688. The maximum Gasteiger partial charge on any atom is 0.363 e. The molecule has 0 saturated carbocycles. The highest BCUT2D eigenvalue weighted by molar-refractivity contribution is 7.51. The number of rotatable bonds is 21. The van der Waals surface area contributed by atoms with Crippen molar-refractivity contribution in [3.63, 3.8) is 0 Å². The molecule has 2 atom stereocenters. The highest BCUT2D eigenvalue weighted by atomic mass is 31.2. The van der Waals surface area contributed by atoms with Crippen LogP contribution in [0.3, 0.4) is 0 Å². The first-order valence-corrected chi connectivity index (χ1v) is 18.5. The van der Waals surface area contributed by atoms with Crippen molar-refractivity contribution in [2.75, 3.05) is 26.7 Å². The van der Waals surface area contributed by atoms with Gasteiger partial charge in [-0.3, -0.25) is 23.7 Å². The number of hydrogen-bond acceptors (Lipinski definition) is 10. The van der Waals surface area contributed by atoms with E-state index in [-0.39, 0.29) is 41.7 Å². The van der Waals surface area contributed by atoms with E-state index in [0.29, 0.717) is 37.0 Å². The predicted molar refractivity (Wildman–Crippen MR) is 188 cm³/mol. The second kappa shape index (κ2) is 20.0. The van der Waals surface area contributed by atoms with Gasteiger partial charge in [-0.15, -0.1) is 0 Å². The van der Waals surface area contributed by atoms with E-state index in [1.165, 1.54) is 49.6 Å². The van der Waals surface area contributed by atoms with E-state index in [9.17, 15) is 28.5 Å². The molecule has 52 heavy (non-hydrogen) atoms. The van der Waals surface area contributed by atoms with Crippen LogP contribution in [0, 0.1) is 5.92 Å². The van der Waals surface area contributed by atoms with Gasteiger partial charge in [-0.1, -0.05) is 39.2 Å². The SMILES string of the molecule is CCCCCC(C(=O)NCNC(=O)c1ccc(-c2ccc(C(=O)NCP(=O)(O)O)c(OCC)c2)o1)[C@@H](CC)N(C=O)OC(=O)c1ccc(OC)cc1. The number of furan rings is 1. The van der Waals surface area contributed by atoms with Crippen molar-refractivity contribution >= 4 is 37.7 Å². The molecule has 5 N–H and O–H groups in total.